The lowest BCUT2D eigenvalue weighted by molar-refractivity contribution is -0.273. The van der Waals surface area contributed by atoms with Crippen LogP contribution in [0.1, 0.15) is 77.6 Å². The first kappa shape index (κ1) is 20.9. The van der Waals surface area contributed by atoms with E-state index >= 15 is 0 Å². The average Bonchev–Trinajstić information content (AvgIpc) is 2.62. The van der Waals surface area contributed by atoms with Crippen molar-refractivity contribution in [1.82, 2.24) is 0 Å². The van der Waals surface area contributed by atoms with Gasteiger partial charge in [-0.05, 0) is 74.9 Å². The number of hydrogen-bond acceptors (Lipinski definition) is 1. The largest absolute Gasteiger partial charge is 0.401 e. The predicted octanol–water partition coefficient (Wildman–Crippen LogP) is 6.88. The molecule has 0 radical (unpaired) electrons. The molecule has 0 saturated heterocycles. The minimum Gasteiger partial charge on any atom is -0.389 e. The van der Waals surface area contributed by atoms with Crippen molar-refractivity contribution < 1.29 is 22.7 Å². The van der Waals surface area contributed by atoms with Crippen LogP contribution in [0.15, 0.2) is 24.1 Å². The highest BCUT2D eigenvalue weighted by molar-refractivity contribution is 5.28. The number of halogens is 4. The molecule has 2 fully saturated rings. The Morgan fingerprint density at radius 3 is 2.15 bits per heavy atom. The maximum Gasteiger partial charge on any atom is 0.401 e. The lowest BCUT2D eigenvalue weighted by atomic mass is 9.58. The number of rotatable bonds is 4. The molecule has 1 nitrogen and oxygen atoms in total. The second-order valence-corrected chi connectivity index (χ2v) is 9.04. The Morgan fingerprint density at radius 2 is 1.63 bits per heavy atom. The van der Waals surface area contributed by atoms with Crippen molar-refractivity contribution in [3.63, 3.8) is 0 Å². The van der Waals surface area contributed by atoms with Crippen molar-refractivity contribution in [1.29, 1.82) is 0 Å². The van der Waals surface area contributed by atoms with Gasteiger partial charge in [0.15, 0.2) is 0 Å². The fourth-order valence-corrected chi connectivity index (χ4v) is 5.88. The average molecular weight is 388 g/mol. The molecule has 0 amide bonds. The van der Waals surface area contributed by atoms with Gasteiger partial charge in [-0.1, -0.05) is 38.7 Å². The third-order valence-electron chi connectivity index (χ3n) is 7.55. The molecule has 27 heavy (non-hydrogen) atoms. The molecule has 1 atom stereocenters. The van der Waals surface area contributed by atoms with Gasteiger partial charge in [-0.25, -0.2) is 4.39 Å². The van der Waals surface area contributed by atoms with E-state index in [2.05, 4.69) is 6.92 Å². The smallest absolute Gasteiger partial charge is 0.389 e. The predicted molar refractivity (Wildman–Crippen MR) is 98.7 cm³/mol. The quantitative estimate of drug-likeness (QED) is 0.521. The summed E-state index contributed by atoms with van der Waals surface area (Å²) < 4.78 is 55.6. The molecule has 2 saturated carbocycles. The van der Waals surface area contributed by atoms with Gasteiger partial charge in [0.05, 0.1) is 5.60 Å². The van der Waals surface area contributed by atoms with E-state index in [-0.39, 0.29) is 19.3 Å². The molecule has 0 heterocycles. The molecule has 0 aromatic heterocycles. The summed E-state index contributed by atoms with van der Waals surface area (Å²) in [5.74, 6) is 0.875. The molecule has 0 aromatic carbocycles. The zero-order valence-electron chi connectivity index (χ0n) is 16.2. The molecule has 0 aromatic rings. The first-order chi connectivity index (χ1) is 12.7. The van der Waals surface area contributed by atoms with Crippen LogP contribution >= 0.6 is 0 Å². The van der Waals surface area contributed by atoms with Crippen molar-refractivity contribution in [2.45, 2.75) is 89.3 Å². The lowest BCUT2D eigenvalue weighted by Gasteiger charge is -2.51. The van der Waals surface area contributed by atoms with Gasteiger partial charge < -0.3 is 5.11 Å². The Balaban J connectivity index is 1.67. The monoisotopic (exact) mass is 388 g/mol. The fraction of sp³-hybridized carbons (Fsp3) is 0.818. The molecule has 1 N–H and O–H groups in total. The molecule has 5 heteroatoms. The van der Waals surface area contributed by atoms with Crippen molar-refractivity contribution in [3.8, 4) is 0 Å². The van der Waals surface area contributed by atoms with Crippen LogP contribution in [0.4, 0.5) is 17.6 Å². The van der Waals surface area contributed by atoms with Crippen LogP contribution in [0.25, 0.3) is 0 Å². The molecular formula is C22H32F4O. The Labute approximate surface area is 159 Å². The summed E-state index contributed by atoms with van der Waals surface area (Å²) in [6, 6.07) is 0. The van der Waals surface area contributed by atoms with Crippen molar-refractivity contribution in [2.24, 2.45) is 23.2 Å². The van der Waals surface area contributed by atoms with E-state index in [1.54, 1.807) is 0 Å². The summed E-state index contributed by atoms with van der Waals surface area (Å²) in [4.78, 5) is 0. The van der Waals surface area contributed by atoms with E-state index in [0.717, 1.165) is 24.8 Å². The van der Waals surface area contributed by atoms with Crippen LogP contribution in [-0.4, -0.2) is 16.9 Å². The summed E-state index contributed by atoms with van der Waals surface area (Å²) >= 11 is 0. The Morgan fingerprint density at radius 1 is 1.04 bits per heavy atom. The first-order valence-electron chi connectivity index (χ1n) is 10.5. The van der Waals surface area contributed by atoms with Gasteiger partial charge in [-0.15, -0.1) is 0 Å². The SMILES string of the molecule is CCCC1CCC(C2CCC(O)(C3(C(F)(F)F)C=C(F)C=CC3)CC2)CC1. The number of alkyl halides is 3. The molecule has 3 rings (SSSR count). The van der Waals surface area contributed by atoms with E-state index < -0.39 is 23.0 Å². The van der Waals surface area contributed by atoms with Crippen LogP contribution in [0.3, 0.4) is 0 Å². The summed E-state index contributed by atoms with van der Waals surface area (Å²) in [6.07, 6.45) is 6.53. The molecule has 154 valence electrons. The highest BCUT2D eigenvalue weighted by Crippen LogP contribution is 2.58. The van der Waals surface area contributed by atoms with Crippen LogP contribution in [0.2, 0.25) is 0 Å². The maximum atomic E-state index is 14.0. The third kappa shape index (κ3) is 3.99. The minimum atomic E-state index is -4.67. The lowest BCUT2D eigenvalue weighted by Crippen LogP contribution is -2.58. The molecule has 3 aliphatic rings. The zero-order chi connectivity index (χ0) is 19.7. The van der Waals surface area contributed by atoms with Gasteiger partial charge in [0.1, 0.15) is 11.2 Å². The standard InChI is InChI=1S/C22H32F4O/c1-2-4-16-6-8-17(9-7-16)18-10-13-21(27,14-11-18)20(22(24,25)26)12-3-5-19(23)15-20/h3,5,15-18,27H,2,4,6-14H2,1H3. The second-order valence-electron chi connectivity index (χ2n) is 9.04. The summed E-state index contributed by atoms with van der Waals surface area (Å²) in [5.41, 5.74) is -4.41. The van der Waals surface area contributed by atoms with E-state index in [1.165, 1.54) is 31.8 Å². The van der Waals surface area contributed by atoms with Gasteiger partial charge >= 0.3 is 6.18 Å². The van der Waals surface area contributed by atoms with Crippen LogP contribution < -0.4 is 0 Å². The molecule has 0 spiro atoms. The van der Waals surface area contributed by atoms with Crippen molar-refractivity contribution >= 4 is 0 Å². The van der Waals surface area contributed by atoms with Gasteiger partial charge in [0.2, 0.25) is 0 Å². The summed E-state index contributed by atoms with van der Waals surface area (Å²) in [6.45, 7) is 2.21. The fourth-order valence-electron chi connectivity index (χ4n) is 5.88. The summed E-state index contributed by atoms with van der Waals surface area (Å²) in [7, 11) is 0. The maximum absolute atomic E-state index is 14.0. The van der Waals surface area contributed by atoms with E-state index in [0.29, 0.717) is 30.8 Å². The Kier molecular flexibility index (Phi) is 6.10. The van der Waals surface area contributed by atoms with Gasteiger partial charge in [-0.2, -0.15) is 13.2 Å². The van der Waals surface area contributed by atoms with Crippen molar-refractivity contribution in [2.75, 3.05) is 0 Å². The molecule has 3 aliphatic carbocycles. The minimum absolute atomic E-state index is 0.101. The third-order valence-corrected chi connectivity index (χ3v) is 7.55. The highest BCUT2D eigenvalue weighted by Gasteiger charge is 2.65. The van der Waals surface area contributed by atoms with Gasteiger partial charge in [-0.3, -0.25) is 0 Å². The van der Waals surface area contributed by atoms with E-state index in [9.17, 15) is 22.7 Å². The number of allylic oxidation sites excluding steroid dienone is 3. The number of hydrogen-bond donors (Lipinski definition) is 1. The topological polar surface area (TPSA) is 20.2 Å². The van der Waals surface area contributed by atoms with Crippen LogP contribution in [0.5, 0.6) is 0 Å². The second kappa shape index (κ2) is 7.88. The van der Waals surface area contributed by atoms with Gasteiger partial charge in [0, 0.05) is 0 Å². The van der Waals surface area contributed by atoms with Crippen LogP contribution in [-0.2, 0) is 0 Å². The molecular weight excluding hydrogens is 356 g/mol. The molecule has 0 aliphatic heterocycles. The van der Waals surface area contributed by atoms with E-state index in [4.69, 9.17) is 0 Å². The van der Waals surface area contributed by atoms with E-state index in [1.807, 2.05) is 0 Å². The van der Waals surface area contributed by atoms with Crippen LogP contribution in [0, 0.1) is 23.2 Å². The number of aliphatic hydroxyl groups is 1. The summed E-state index contributed by atoms with van der Waals surface area (Å²) in [5, 5.41) is 11.1. The van der Waals surface area contributed by atoms with Gasteiger partial charge in [0.25, 0.3) is 0 Å². The van der Waals surface area contributed by atoms with Crippen molar-refractivity contribution in [3.05, 3.63) is 24.1 Å². The Hall–Kier alpha value is -0.840. The normalized spacial score (nSPS) is 40.7. The molecule has 0 bridgehead atoms. The zero-order valence-corrected chi connectivity index (χ0v) is 16.2. The Bertz CT molecular complexity index is 563. The molecule has 1 unspecified atom stereocenters. The first-order valence-corrected chi connectivity index (χ1v) is 10.5. The highest BCUT2D eigenvalue weighted by atomic mass is 19.4.